The molecule has 1 radical (unpaired) electrons. The van der Waals surface area contributed by atoms with Gasteiger partial charge in [0, 0.05) is 12.1 Å². The second-order valence-corrected chi connectivity index (χ2v) is 3.86. The van der Waals surface area contributed by atoms with Crippen molar-refractivity contribution in [3.63, 3.8) is 0 Å². The van der Waals surface area contributed by atoms with E-state index in [0.29, 0.717) is 6.07 Å². The molecule has 0 heterocycles. The van der Waals surface area contributed by atoms with Crippen LogP contribution in [0.15, 0.2) is 12.1 Å². The van der Waals surface area contributed by atoms with Crippen molar-refractivity contribution in [1.82, 2.24) is 0 Å². The molecule has 0 aromatic heterocycles. The van der Waals surface area contributed by atoms with Crippen molar-refractivity contribution < 1.29 is 21.4 Å². The SMILES string of the molecule is CS(=O)(=O)Oc1cc(F)c[c]c1F. The zero-order valence-corrected chi connectivity index (χ0v) is 7.36. The predicted molar refractivity (Wildman–Crippen MR) is 40.7 cm³/mol. The van der Waals surface area contributed by atoms with E-state index in [9.17, 15) is 17.2 Å². The molecule has 0 N–H and O–H groups in total. The van der Waals surface area contributed by atoms with Crippen molar-refractivity contribution in [2.24, 2.45) is 0 Å². The fourth-order valence-corrected chi connectivity index (χ4v) is 1.10. The van der Waals surface area contributed by atoms with E-state index in [2.05, 4.69) is 4.18 Å². The maximum absolute atomic E-state index is 12.7. The summed E-state index contributed by atoms with van der Waals surface area (Å²) in [6.07, 6.45) is 0.733. The van der Waals surface area contributed by atoms with E-state index in [1.807, 2.05) is 6.07 Å². The second-order valence-electron chi connectivity index (χ2n) is 2.28. The Kier molecular flexibility index (Phi) is 2.51. The van der Waals surface area contributed by atoms with Gasteiger partial charge in [-0.3, -0.25) is 0 Å². The molecule has 3 nitrogen and oxygen atoms in total. The molecular weight excluding hydrogens is 202 g/mol. The van der Waals surface area contributed by atoms with Crippen LogP contribution in [0.4, 0.5) is 8.78 Å². The highest BCUT2D eigenvalue weighted by Gasteiger charge is 2.10. The summed E-state index contributed by atoms with van der Waals surface area (Å²) in [4.78, 5) is 0. The van der Waals surface area contributed by atoms with Gasteiger partial charge in [0.1, 0.15) is 5.82 Å². The average Bonchev–Trinajstić information content (AvgIpc) is 1.94. The molecule has 0 unspecified atom stereocenters. The molecule has 71 valence electrons. The molecule has 0 aliphatic rings. The van der Waals surface area contributed by atoms with Crippen LogP contribution in [-0.2, 0) is 10.1 Å². The molecule has 1 rings (SSSR count). The van der Waals surface area contributed by atoms with Crippen LogP contribution < -0.4 is 4.18 Å². The minimum Gasteiger partial charge on any atom is -0.379 e. The topological polar surface area (TPSA) is 43.4 Å². The lowest BCUT2D eigenvalue weighted by atomic mass is 10.3. The van der Waals surface area contributed by atoms with Gasteiger partial charge in [-0.25, -0.2) is 8.78 Å². The molecule has 1 aromatic rings. The number of hydrogen-bond acceptors (Lipinski definition) is 3. The predicted octanol–water partition coefficient (Wildman–Crippen LogP) is 1.10. The summed E-state index contributed by atoms with van der Waals surface area (Å²) in [6.45, 7) is 0. The zero-order valence-electron chi connectivity index (χ0n) is 6.54. The van der Waals surface area contributed by atoms with E-state index in [0.717, 1.165) is 12.3 Å². The molecule has 0 saturated carbocycles. The maximum atomic E-state index is 12.7. The smallest absolute Gasteiger partial charge is 0.306 e. The van der Waals surface area contributed by atoms with E-state index in [1.165, 1.54) is 0 Å². The Hall–Kier alpha value is -1.17. The molecular formula is C7H5F2O3S. The third-order valence-electron chi connectivity index (χ3n) is 1.06. The van der Waals surface area contributed by atoms with Gasteiger partial charge in [0.15, 0.2) is 11.6 Å². The van der Waals surface area contributed by atoms with E-state index < -0.39 is 27.5 Å². The van der Waals surface area contributed by atoms with Gasteiger partial charge < -0.3 is 4.18 Å². The van der Waals surface area contributed by atoms with Gasteiger partial charge >= 0.3 is 10.1 Å². The van der Waals surface area contributed by atoms with Crippen LogP contribution in [0.1, 0.15) is 0 Å². The number of benzene rings is 1. The van der Waals surface area contributed by atoms with Crippen LogP contribution in [0.5, 0.6) is 5.75 Å². The van der Waals surface area contributed by atoms with Crippen LogP contribution in [0.3, 0.4) is 0 Å². The summed E-state index contributed by atoms with van der Waals surface area (Å²) >= 11 is 0. The molecule has 0 aliphatic heterocycles. The van der Waals surface area contributed by atoms with Crippen molar-refractivity contribution in [3.8, 4) is 5.75 Å². The first kappa shape index (κ1) is 9.91. The standard InChI is InChI=1S/C7H5F2O3S/c1-13(10,11)12-7-4-5(8)2-3-6(7)9/h2,4H,1H3. The molecule has 0 atom stereocenters. The van der Waals surface area contributed by atoms with Gasteiger partial charge in [-0.15, -0.1) is 0 Å². The van der Waals surface area contributed by atoms with E-state index in [4.69, 9.17) is 0 Å². The lowest BCUT2D eigenvalue weighted by Gasteiger charge is -2.02. The summed E-state index contributed by atoms with van der Waals surface area (Å²) in [5, 5.41) is 0. The Morgan fingerprint density at radius 3 is 2.62 bits per heavy atom. The quantitative estimate of drug-likeness (QED) is 0.682. The van der Waals surface area contributed by atoms with Gasteiger partial charge in [-0.2, -0.15) is 8.42 Å². The Morgan fingerprint density at radius 2 is 2.08 bits per heavy atom. The molecule has 1 aromatic carbocycles. The van der Waals surface area contributed by atoms with Crippen molar-refractivity contribution >= 4 is 10.1 Å². The number of hydrogen-bond donors (Lipinski definition) is 0. The van der Waals surface area contributed by atoms with Crippen LogP contribution in [-0.4, -0.2) is 14.7 Å². The molecule has 0 spiro atoms. The lowest BCUT2D eigenvalue weighted by Crippen LogP contribution is -2.07. The van der Waals surface area contributed by atoms with Gasteiger partial charge in [0.2, 0.25) is 0 Å². The molecule has 13 heavy (non-hydrogen) atoms. The summed E-state index contributed by atoms with van der Waals surface area (Å²) < 4.78 is 50.4. The molecule has 0 saturated heterocycles. The van der Waals surface area contributed by atoms with Gasteiger partial charge in [0.25, 0.3) is 0 Å². The summed E-state index contributed by atoms with van der Waals surface area (Å²) in [7, 11) is -3.84. The number of rotatable bonds is 2. The van der Waals surface area contributed by atoms with Crippen molar-refractivity contribution in [1.29, 1.82) is 0 Å². The number of halogens is 2. The van der Waals surface area contributed by atoms with Gasteiger partial charge in [-0.05, 0) is 6.07 Å². The van der Waals surface area contributed by atoms with E-state index in [1.54, 1.807) is 0 Å². The van der Waals surface area contributed by atoms with E-state index in [-0.39, 0.29) is 0 Å². The maximum Gasteiger partial charge on any atom is 0.306 e. The van der Waals surface area contributed by atoms with Crippen molar-refractivity contribution in [3.05, 3.63) is 29.8 Å². The molecule has 0 aliphatic carbocycles. The Morgan fingerprint density at radius 1 is 1.46 bits per heavy atom. The molecule has 0 amide bonds. The van der Waals surface area contributed by atoms with Crippen LogP contribution in [0.2, 0.25) is 0 Å². The highest BCUT2D eigenvalue weighted by atomic mass is 32.2. The Balaban J connectivity index is 3.08. The Bertz CT molecular complexity index is 414. The summed E-state index contributed by atoms with van der Waals surface area (Å²) in [5.41, 5.74) is 0. The molecule has 0 bridgehead atoms. The lowest BCUT2D eigenvalue weighted by molar-refractivity contribution is 0.462. The van der Waals surface area contributed by atoms with E-state index >= 15 is 0 Å². The summed E-state index contributed by atoms with van der Waals surface area (Å²) in [5.74, 6) is -2.56. The second kappa shape index (κ2) is 3.29. The third-order valence-corrected chi connectivity index (χ3v) is 1.55. The van der Waals surface area contributed by atoms with Crippen molar-refractivity contribution in [2.45, 2.75) is 0 Å². The normalized spacial score (nSPS) is 11.3. The highest BCUT2D eigenvalue weighted by Crippen LogP contribution is 2.18. The minimum absolute atomic E-state index is 0.632. The fourth-order valence-electron chi connectivity index (χ4n) is 0.657. The molecule has 6 heteroatoms. The fraction of sp³-hybridized carbons (Fsp3) is 0.143. The van der Waals surface area contributed by atoms with Crippen LogP contribution in [0, 0.1) is 17.7 Å². The van der Waals surface area contributed by atoms with Crippen LogP contribution in [0.25, 0.3) is 0 Å². The first-order valence-electron chi connectivity index (χ1n) is 3.15. The average molecular weight is 207 g/mol. The van der Waals surface area contributed by atoms with Crippen LogP contribution >= 0.6 is 0 Å². The van der Waals surface area contributed by atoms with Crippen molar-refractivity contribution in [2.75, 3.05) is 6.26 Å². The third kappa shape index (κ3) is 2.98. The van der Waals surface area contributed by atoms with Gasteiger partial charge in [-0.1, -0.05) is 0 Å². The highest BCUT2D eigenvalue weighted by molar-refractivity contribution is 7.86. The first-order valence-corrected chi connectivity index (χ1v) is 4.96. The molecule has 0 fully saturated rings. The minimum atomic E-state index is -3.84. The van der Waals surface area contributed by atoms with Gasteiger partial charge in [0.05, 0.1) is 6.26 Å². The zero-order chi connectivity index (χ0) is 10.1. The monoisotopic (exact) mass is 207 g/mol. The first-order chi connectivity index (χ1) is 5.88. The Labute approximate surface area is 74.1 Å². The summed E-state index contributed by atoms with van der Waals surface area (Å²) in [6, 6.07) is 3.23. The largest absolute Gasteiger partial charge is 0.379 e.